The number of rotatable bonds is 8. The van der Waals surface area contributed by atoms with Crippen LogP contribution in [-0.4, -0.2) is 43.8 Å². The van der Waals surface area contributed by atoms with E-state index in [2.05, 4.69) is 10.6 Å². The summed E-state index contributed by atoms with van der Waals surface area (Å²) in [7, 11) is 0. The van der Waals surface area contributed by atoms with Gasteiger partial charge in [0.2, 0.25) is 0 Å². The van der Waals surface area contributed by atoms with E-state index in [-0.39, 0.29) is 31.1 Å². The van der Waals surface area contributed by atoms with Crippen LogP contribution in [0.1, 0.15) is 26.2 Å². The number of aliphatic hydroxyl groups is 1. The molecule has 0 aromatic carbocycles. The molecule has 21 heavy (non-hydrogen) atoms. The standard InChI is InChI=1S/C14H22N4O3/c1-11(21-13-4-2-3-7-20-13)10-18-14(17-5-6-19)12(8-15)9-16/h11,13,17-19H,2-7,10H2,1H3. The van der Waals surface area contributed by atoms with Crippen LogP contribution in [0.5, 0.6) is 0 Å². The van der Waals surface area contributed by atoms with Crippen molar-refractivity contribution in [3.05, 3.63) is 11.4 Å². The van der Waals surface area contributed by atoms with E-state index in [4.69, 9.17) is 25.1 Å². The van der Waals surface area contributed by atoms with Crippen molar-refractivity contribution in [3.8, 4) is 12.1 Å². The van der Waals surface area contributed by atoms with E-state index < -0.39 is 0 Å². The molecule has 0 radical (unpaired) electrons. The normalized spacial score (nSPS) is 19.0. The minimum atomic E-state index is -0.181. The first-order valence-electron chi connectivity index (χ1n) is 7.11. The minimum Gasteiger partial charge on any atom is -0.395 e. The van der Waals surface area contributed by atoms with Gasteiger partial charge in [-0.2, -0.15) is 10.5 Å². The number of ether oxygens (including phenoxy) is 2. The maximum atomic E-state index is 8.90. The molecule has 0 aromatic rings. The van der Waals surface area contributed by atoms with Crippen molar-refractivity contribution in [2.75, 3.05) is 26.3 Å². The zero-order valence-corrected chi connectivity index (χ0v) is 12.3. The Bertz CT molecular complexity index is 403. The summed E-state index contributed by atoms with van der Waals surface area (Å²) >= 11 is 0. The first-order chi connectivity index (χ1) is 10.2. The highest BCUT2D eigenvalue weighted by molar-refractivity contribution is 5.38. The molecular formula is C14H22N4O3. The quantitative estimate of drug-likeness (QED) is 0.554. The topological polar surface area (TPSA) is 110 Å². The summed E-state index contributed by atoms with van der Waals surface area (Å²) in [5.41, 5.74) is -0.0513. The fourth-order valence-corrected chi connectivity index (χ4v) is 1.93. The summed E-state index contributed by atoms with van der Waals surface area (Å²) < 4.78 is 11.2. The van der Waals surface area contributed by atoms with Crippen molar-refractivity contribution >= 4 is 0 Å². The van der Waals surface area contributed by atoms with E-state index in [9.17, 15) is 0 Å². The highest BCUT2D eigenvalue weighted by Gasteiger charge is 2.17. The van der Waals surface area contributed by atoms with Crippen LogP contribution in [0.3, 0.4) is 0 Å². The largest absolute Gasteiger partial charge is 0.395 e. The zero-order valence-electron chi connectivity index (χ0n) is 12.3. The van der Waals surface area contributed by atoms with Gasteiger partial charge in [0, 0.05) is 19.7 Å². The first-order valence-corrected chi connectivity index (χ1v) is 7.11. The molecule has 0 amide bonds. The summed E-state index contributed by atoms with van der Waals surface area (Å²) in [6.07, 6.45) is 2.74. The van der Waals surface area contributed by atoms with E-state index in [0.717, 1.165) is 25.9 Å². The number of hydrogen-bond donors (Lipinski definition) is 3. The van der Waals surface area contributed by atoms with Gasteiger partial charge in [0.15, 0.2) is 11.9 Å². The summed E-state index contributed by atoms with van der Waals surface area (Å²) in [6.45, 7) is 3.22. The second-order valence-electron chi connectivity index (χ2n) is 4.75. The van der Waals surface area contributed by atoms with Gasteiger partial charge in [-0.15, -0.1) is 0 Å². The molecule has 1 aliphatic rings. The summed E-state index contributed by atoms with van der Waals surface area (Å²) in [4.78, 5) is 0. The average Bonchev–Trinajstić information content (AvgIpc) is 2.51. The Labute approximate surface area is 125 Å². The fraction of sp³-hybridized carbons (Fsp3) is 0.714. The van der Waals surface area contributed by atoms with Gasteiger partial charge in [-0.3, -0.25) is 0 Å². The Kier molecular flexibility index (Phi) is 8.22. The molecule has 7 heteroatoms. The van der Waals surface area contributed by atoms with Crippen LogP contribution in [-0.2, 0) is 9.47 Å². The molecule has 2 atom stereocenters. The average molecular weight is 294 g/mol. The van der Waals surface area contributed by atoms with Gasteiger partial charge >= 0.3 is 0 Å². The van der Waals surface area contributed by atoms with Crippen molar-refractivity contribution in [1.29, 1.82) is 10.5 Å². The van der Waals surface area contributed by atoms with Crippen LogP contribution in [0.2, 0.25) is 0 Å². The Morgan fingerprint density at radius 1 is 1.38 bits per heavy atom. The highest BCUT2D eigenvalue weighted by atomic mass is 16.7. The lowest BCUT2D eigenvalue weighted by Gasteiger charge is -2.26. The van der Waals surface area contributed by atoms with Gasteiger partial charge in [-0.1, -0.05) is 0 Å². The predicted octanol–water partition coefficient (Wildman–Crippen LogP) is 0.348. The molecule has 3 N–H and O–H groups in total. The molecule has 1 fully saturated rings. The van der Waals surface area contributed by atoms with Crippen LogP contribution < -0.4 is 10.6 Å². The van der Waals surface area contributed by atoms with Crippen LogP contribution in [0.25, 0.3) is 0 Å². The third kappa shape index (κ3) is 6.46. The van der Waals surface area contributed by atoms with E-state index in [1.165, 1.54) is 0 Å². The molecule has 1 heterocycles. The molecule has 0 aliphatic carbocycles. The van der Waals surface area contributed by atoms with E-state index in [1.54, 1.807) is 0 Å². The van der Waals surface area contributed by atoms with Gasteiger partial charge in [0.25, 0.3) is 0 Å². The van der Waals surface area contributed by atoms with Crippen LogP contribution >= 0.6 is 0 Å². The van der Waals surface area contributed by atoms with Gasteiger partial charge in [0.05, 0.1) is 12.7 Å². The molecule has 116 valence electrons. The van der Waals surface area contributed by atoms with Gasteiger partial charge in [0.1, 0.15) is 18.0 Å². The van der Waals surface area contributed by atoms with Gasteiger partial charge < -0.3 is 25.2 Å². The number of nitrogens with one attached hydrogen (secondary N) is 2. The molecule has 2 unspecified atom stereocenters. The Morgan fingerprint density at radius 2 is 2.14 bits per heavy atom. The van der Waals surface area contributed by atoms with Crippen molar-refractivity contribution in [2.45, 2.75) is 38.6 Å². The lowest BCUT2D eigenvalue weighted by atomic mass is 10.2. The van der Waals surface area contributed by atoms with Crippen molar-refractivity contribution < 1.29 is 14.6 Å². The maximum absolute atomic E-state index is 8.90. The number of hydrogen-bond acceptors (Lipinski definition) is 7. The van der Waals surface area contributed by atoms with Gasteiger partial charge in [-0.25, -0.2) is 0 Å². The lowest BCUT2D eigenvalue weighted by Crippen LogP contribution is -2.37. The Balaban J connectivity index is 2.46. The van der Waals surface area contributed by atoms with E-state index in [0.29, 0.717) is 12.4 Å². The lowest BCUT2D eigenvalue weighted by molar-refractivity contribution is -0.183. The van der Waals surface area contributed by atoms with E-state index in [1.807, 2.05) is 19.1 Å². The van der Waals surface area contributed by atoms with Crippen molar-refractivity contribution in [2.24, 2.45) is 0 Å². The van der Waals surface area contributed by atoms with Crippen molar-refractivity contribution in [3.63, 3.8) is 0 Å². The Morgan fingerprint density at radius 3 is 2.71 bits per heavy atom. The number of aliphatic hydroxyl groups excluding tert-OH is 1. The van der Waals surface area contributed by atoms with Gasteiger partial charge in [-0.05, 0) is 26.2 Å². The van der Waals surface area contributed by atoms with E-state index >= 15 is 0 Å². The van der Waals surface area contributed by atoms with Crippen LogP contribution in [0.15, 0.2) is 11.4 Å². The number of nitriles is 2. The number of allylic oxidation sites excluding steroid dienone is 1. The van der Waals surface area contributed by atoms with Crippen LogP contribution in [0, 0.1) is 22.7 Å². The molecule has 1 saturated heterocycles. The SMILES string of the molecule is CC(CNC(NCCO)=C(C#N)C#N)OC1CCCCO1. The minimum absolute atomic E-state index is 0.0513. The second kappa shape index (κ2) is 10.0. The third-order valence-electron chi connectivity index (χ3n) is 2.98. The first kappa shape index (κ1) is 17.3. The molecule has 1 rings (SSSR count). The van der Waals surface area contributed by atoms with Crippen molar-refractivity contribution in [1.82, 2.24) is 10.6 Å². The summed E-state index contributed by atoms with van der Waals surface area (Å²) in [5.74, 6) is 0.314. The summed E-state index contributed by atoms with van der Waals surface area (Å²) in [5, 5.41) is 32.4. The molecular weight excluding hydrogens is 272 g/mol. The highest BCUT2D eigenvalue weighted by Crippen LogP contribution is 2.15. The molecule has 0 aromatic heterocycles. The molecule has 1 aliphatic heterocycles. The number of nitrogens with zero attached hydrogens (tertiary/aromatic N) is 2. The smallest absolute Gasteiger partial charge is 0.169 e. The molecule has 0 bridgehead atoms. The second-order valence-corrected chi connectivity index (χ2v) is 4.75. The fourth-order valence-electron chi connectivity index (χ4n) is 1.93. The monoisotopic (exact) mass is 294 g/mol. The molecule has 7 nitrogen and oxygen atoms in total. The predicted molar refractivity (Wildman–Crippen MR) is 75.5 cm³/mol. The van der Waals surface area contributed by atoms with Crippen LogP contribution in [0.4, 0.5) is 0 Å². The molecule has 0 spiro atoms. The zero-order chi connectivity index (χ0) is 15.5. The third-order valence-corrected chi connectivity index (χ3v) is 2.98. The maximum Gasteiger partial charge on any atom is 0.169 e. The summed E-state index contributed by atoms with van der Waals surface area (Å²) in [6, 6.07) is 3.62. The molecule has 0 saturated carbocycles. The Hall–Kier alpha value is -1.80.